The number of sulfonamides is 1. The van der Waals surface area contributed by atoms with E-state index in [-0.39, 0.29) is 10.7 Å². The summed E-state index contributed by atoms with van der Waals surface area (Å²) in [6, 6.07) is 19.5. The van der Waals surface area contributed by atoms with Crippen molar-refractivity contribution >= 4 is 33.5 Å². The van der Waals surface area contributed by atoms with E-state index in [0.717, 1.165) is 10.5 Å². The Labute approximate surface area is 174 Å². The average molecular weight is 428 g/mol. The zero-order chi connectivity index (χ0) is 21.0. The summed E-state index contributed by atoms with van der Waals surface area (Å²) in [5, 5.41) is 0.596. The number of carbonyl (C=O) groups is 1. The number of aryl methyl sites for hydroxylation is 1. The van der Waals surface area contributed by atoms with Crippen molar-refractivity contribution in [3.05, 3.63) is 77.9 Å². The molecule has 0 aliphatic heterocycles. The summed E-state index contributed by atoms with van der Waals surface area (Å²) in [4.78, 5) is 17.3. The molecule has 8 heteroatoms. The van der Waals surface area contributed by atoms with Gasteiger partial charge in [-0.05, 0) is 44.2 Å². The summed E-state index contributed by atoms with van der Waals surface area (Å²) >= 11 is 1.39. The predicted molar refractivity (Wildman–Crippen MR) is 114 cm³/mol. The molecule has 0 saturated carbocycles. The third-order valence-electron chi connectivity index (χ3n) is 4.32. The number of amides is 1. The van der Waals surface area contributed by atoms with E-state index in [2.05, 4.69) is 9.71 Å². The van der Waals surface area contributed by atoms with Crippen molar-refractivity contribution in [1.82, 2.24) is 4.98 Å². The smallest absolute Gasteiger partial charge is 0.263 e. The van der Waals surface area contributed by atoms with Gasteiger partial charge in [0.2, 0.25) is 5.91 Å². The van der Waals surface area contributed by atoms with Crippen LogP contribution in [0.3, 0.4) is 0 Å². The maximum Gasteiger partial charge on any atom is 0.263 e. The van der Waals surface area contributed by atoms with Crippen LogP contribution < -0.4 is 10.5 Å². The molecule has 0 aliphatic rings. The molecular formula is C21H21N3O3S2. The van der Waals surface area contributed by atoms with E-state index >= 15 is 0 Å². The van der Waals surface area contributed by atoms with Gasteiger partial charge < -0.3 is 5.73 Å². The van der Waals surface area contributed by atoms with Gasteiger partial charge in [-0.15, -0.1) is 0 Å². The van der Waals surface area contributed by atoms with Crippen LogP contribution in [0.2, 0.25) is 0 Å². The number of hydrogen-bond acceptors (Lipinski definition) is 5. The zero-order valence-corrected chi connectivity index (χ0v) is 17.6. The first-order chi connectivity index (χ1) is 13.8. The van der Waals surface area contributed by atoms with Gasteiger partial charge >= 0.3 is 0 Å². The summed E-state index contributed by atoms with van der Waals surface area (Å²) < 4.78 is 28.2. The lowest BCUT2D eigenvalue weighted by Gasteiger charge is -2.16. The lowest BCUT2D eigenvalue weighted by atomic mass is 10.0. The highest BCUT2D eigenvalue weighted by atomic mass is 32.2. The van der Waals surface area contributed by atoms with Crippen molar-refractivity contribution in [2.24, 2.45) is 5.73 Å². The molecule has 0 fully saturated rings. The van der Waals surface area contributed by atoms with Crippen molar-refractivity contribution in [3.63, 3.8) is 0 Å². The van der Waals surface area contributed by atoms with Crippen molar-refractivity contribution in [2.75, 3.05) is 4.72 Å². The van der Waals surface area contributed by atoms with E-state index in [1.54, 1.807) is 31.2 Å². The molecule has 2 aromatic carbocycles. The molecule has 1 aromatic heterocycles. The topological polar surface area (TPSA) is 102 Å². The molecule has 3 rings (SSSR count). The molecule has 29 heavy (non-hydrogen) atoms. The Morgan fingerprint density at radius 3 is 2.31 bits per heavy atom. The number of nitrogens with two attached hydrogens (primary N) is 1. The van der Waals surface area contributed by atoms with Crippen LogP contribution in [-0.2, 0) is 14.8 Å². The molecule has 1 amide bonds. The highest BCUT2D eigenvalue weighted by Gasteiger charge is 2.22. The van der Waals surface area contributed by atoms with Crippen LogP contribution in [0.15, 0.2) is 81.5 Å². The number of pyridine rings is 1. The number of nitrogens with zero attached hydrogens (tertiary/aromatic N) is 1. The molecule has 0 saturated heterocycles. The van der Waals surface area contributed by atoms with Crippen LogP contribution in [0, 0.1) is 6.92 Å². The van der Waals surface area contributed by atoms with E-state index in [4.69, 9.17) is 5.73 Å². The Hall–Kier alpha value is -2.84. The van der Waals surface area contributed by atoms with Crippen molar-refractivity contribution in [2.45, 2.75) is 34.6 Å². The van der Waals surface area contributed by atoms with Crippen LogP contribution in [0.1, 0.15) is 24.0 Å². The van der Waals surface area contributed by atoms with Gasteiger partial charge in [-0.2, -0.15) is 0 Å². The second-order valence-electron chi connectivity index (χ2n) is 6.55. The Morgan fingerprint density at radius 1 is 1.03 bits per heavy atom. The number of carbonyl (C=O) groups excluding carboxylic acids is 1. The second-order valence-corrected chi connectivity index (χ2v) is 9.32. The van der Waals surface area contributed by atoms with Crippen LogP contribution in [0.4, 0.5) is 5.82 Å². The summed E-state index contributed by atoms with van der Waals surface area (Å²) in [7, 11) is -3.88. The van der Waals surface area contributed by atoms with Crippen LogP contribution >= 0.6 is 11.8 Å². The van der Waals surface area contributed by atoms with Gasteiger partial charge in [0.15, 0.2) is 0 Å². The summed E-state index contributed by atoms with van der Waals surface area (Å²) in [5.41, 5.74) is 6.81. The zero-order valence-electron chi connectivity index (χ0n) is 16.0. The number of rotatable bonds is 7. The predicted octanol–water partition coefficient (Wildman–Crippen LogP) is 3.93. The van der Waals surface area contributed by atoms with E-state index in [9.17, 15) is 13.2 Å². The SMILES string of the molecule is Cc1ccc(S(=O)(=O)Nc2nc(Sc3ccccc3)ccc2C(C)C(N)=O)cc1. The molecule has 0 bridgehead atoms. The minimum absolute atomic E-state index is 0.0952. The van der Waals surface area contributed by atoms with Gasteiger partial charge in [0.1, 0.15) is 10.8 Å². The fourth-order valence-electron chi connectivity index (χ4n) is 2.61. The Kier molecular flexibility index (Phi) is 6.24. The number of primary amides is 1. The van der Waals surface area contributed by atoms with Crippen LogP contribution in [0.25, 0.3) is 0 Å². The Balaban J connectivity index is 1.99. The van der Waals surface area contributed by atoms with E-state index in [0.29, 0.717) is 10.6 Å². The van der Waals surface area contributed by atoms with Gasteiger partial charge in [-0.25, -0.2) is 13.4 Å². The minimum atomic E-state index is -3.88. The van der Waals surface area contributed by atoms with E-state index < -0.39 is 21.8 Å². The molecular weight excluding hydrogens is 406 g/mol. The fourth-order valence-corrected chi connectivity index (χ4v) is 4.44. The minimum Gasteiger partial charge on any atom is -0.369 e. The lowest BCUT2D eigenvalue weighted by molar-refractivity contribution is -0.119. The average Bonchev–Trinajstić information content (AvgIpc) is 2.68. The van der Waals surface area contributed by atoms with E-state index in [1.807, 2.05) is 37.3 Å². The maximum atomic E-state index is 12.9. The summed E-state index contributed by atoms with van der Waals surface area (Å²) in [6.07, 6.45) is 0. The first-order valence-corrected chi connectivity index (χ1v) is 11.2. The quantitative estimate of drug-likeness (QED) is 0.595. The molecule has 3 aromatic rings. The molecule has 1 unspecified atom stereocenters. The first kappa shape index (κ1) is 20.9. The number of anilines is 1. The highest BCUT2D eigenvalue weighted by Crippen LogP contribution is 2.31. The standard InChI is InChI=1S/C21H21N3O3S2/c1-14-8-10-17(11-9-14)29(26,27)24-21-18(15(2)20(22)25)12-13-19(23-21)28-16-6-4-3-5-7-16/h3-13,15H,1-2H3,(H2,22,25)(H,23,24). The third-order valence-corrected chi connectivity index (χ3v) is 6.62. The molecule has 150 valence electrons. The van der Waals surface area contributed by atoms with Crippen molar-refractivity contribution < 1.29 is 13.2 Å². The monoisotopic (exact) mass is 427 g/mol. The van der Waals surface area contributed by atoms with Gasteiger partial charge in [-0.1, -0.05) is 53.7 Å². The summed E-state index contributed by atoms with van der Waals surface area (Å²) in [6.45, 7) is 3.50. The molecule has 3 N–H and O–H groups in total. The molecule has 1 heterocycles. The molecule has 0 radical (unpaired) electrons. The fraction of sp³-hybridized carbons (Fsp3) is 0.143. The number of hydrogen-bond donors (Lipinski definition) is 2. The second kappa shape index (κ2) is 8.67. The molecule has 1 atom stereocenters. The molecule has 6 nitrogen and oxygen atoms in total. The molecule has 0 aliphatic carbocycles. The Bertz CT molecular complexity index is 1120. The van der Waals surface area contributed by atoms with Crippen molar-refractivity contribution in [3.8, 4) is 0 Å². The normalized spacial score (nSPS) is 12.3. The maximum absolute atomic E-state index is 12.9. The molecule has 0 spiro atoms. The van der Waals surface area contributed by atoms with Gasteiger partial charge in [0.25, 0.3) is 10.0 Å². The van der Waals surface area contributed by atoms with Gasteiger partial charge in [0, 0.05) is 10.5 Å². The van der Waals surface area contributed by atoms with Crippen molar-refractivity contribution in [1.29, 1.82) is 0 Å². The van der Waals surface area contributed by atoms with Gasteiger partial charge in [-0.3, -0.25) is 9.52 Å². The Morgan fingerprint density at radius 2 is 1.69 bits per heavy atom. The largest absolute Gasteiger partial charge is 0.369 e. The number of nitrogens with one attached hydrogen (secondary N) is 1. The van der Waals surface area contributed by atoms with Crippen LogP contribution in [0.5, 0.6) is 0 Å². The van der Waals surface area contributed by atoms with Crippen LogP contribution in [-0.4, -0.2) is 19.3 Å². The number of benzene rings is 2. The highest BCUT2D eigenvalue weighted by molar-refractivity contribution is 7.99. The first-order valence-electron chi connectivity index (χ1n) is 8.89. The summed E-state index contributed by atoms with van der Waals surface area (Å²) in [5.74, 6) is -1.17. The van der Waals surface area contributed by atoms with Gasteiger partial charge in [0.05, 0.1) is 10.8 Å². The lowest BCUT2D eigenvalue weighted by Crippen LogP contribution is -2.22. The third kappa shape index (κ3) is 5.16. The number of aromatic nitrogens is 1. The van der Waals surface area contributed by atoms with E-state index in [1.165, 1.54) is 23.9 Å².